The average molecular weight is 380 g/mol. The van der Waals surface area contributed by atoms with Crippen molar-refractivity contribution in [1.82, 2.24) is 14.5 Å². The summed E-state index contributed by atoms with van der Waals surface area (Å²) in [5, 5.41) is 2.83. The normalized spacial score (nSPS) is 20.4. The largest absolute Gasteiger partial charge is 0.355 e. The summed E-state index contributed by atoms with van der Waals surface area (Å²) in [6, 6.07) is 5.37. The quantitative estimate of drug-likeness (QED) is 0.840. The fraction of sp³-hybridized carbons (Fsp3) is 0.632. The molecule has 7 heteroatoms. The number of hydrogen-bond donors (Lipinski definition) is 1. The van der Waals surface area contributed by atoms with Crippen LogP contribution in [0.25, 0.3) is 0 Å². The van der Waals surface area contributed by atoms with Gasteiger partial charge in [-0.15, -0.1) is 0 Å². The fourth-order valence-electron chi connectivity index (χ4n) is 3.84. The maximum Gasteiger partial charge on any atom is 0.243 e. The molecular weight excluding hydrogens is 350 g/mol. The van der Waals surface area contributed by atoms with Gasteiger partial charge in [-0.1, -0.05) is 6.07 Å². The highest BCUT2D eigenvalue weighted by molar-refractivity contribution is 7.89. The minimum Gasteiger partial charge on any atom is -0.355 e. The molecule has 1 aromatic carbocycles. The lowest BCUT2D eigenvalue weighted by Crippen LogP contribution is -2.54. The number of carbonyl (C=O) groups excluding carboxylic acids is 1. The van der Waals surface area contributed by atoms with Gasteiger partial charge in [0.2, 0.25) is 15.9 Å². The maximum absolute atomic E-state index is 13.0. The molecule has 1 heterocycles. The summed E-state index contributed by atoms with van der Waals surface area (Å²) in [5.74, 6) is -0.00139. The smallest absolute Gasteiger partial charge is 0.243 e. The Morgan fingerprint density at radius 3 is 2.42 bits per heavy atom. The number of hydrogen-bond acceptors (Lipinski definition) is 4. The number of aryl methyl sites for hydroxylation is 2. The molecule has 1 aliphatic heterocycles. The number of rotatable bonds is 5. The first kappa shape index (κ1) is 19.3. The monoisotopic (exact) mass is 379 g/mol. The minimum atomic E-state index is -3.47. The zero-order chi connectivity index (χ0) is 18.7. The first-order valence-corrected chi connectivity index (χ1v) is 11.0. The van der Waals surface area contributed by atoms with Crippen molar-refractivity contribution < 1.29 is 13.2 Å². The van der Waals surface area contributed by atoms with Crippen molar-refractivity contribution in [2.24, 2.45) is 0 Å². The van der Waals surface area contributed by atoms with Crippen molar-refractivity contribution in [2.45, 2.75) is 50.5 Å². The molecule has 1 fully saturated rings. The molecule has 3 rings (SSSR count). The molecule has 0 radical (unpaired) electrons. The third kappa shape index (κ3) is 3.94. The zero-order valence-electron chi connectivity index (χ0n) is 15.7. The van der Waals surface area contributed by atoms with Crippen molar-refractivity contribution in [3.8, 4) is 0 Å². The molecule has 26 heavy (non-hydrogen) atoms. The van der Waals surface area contributed by atoms with Crippen LogP contribution in [0.5, 0.6) is 0 Å². The summed E-state index contributed by atoms with van der Waals surface area (Å²) in [5.41, 5.74) is 2.47. The van der Waals surface area contributed by atoms with E-state index < -0.39 is 10.0 Å². The molecule has 0 unspecified atom stereocenters. The lowest BCUT2D eigenvalue weighted by Gasteiger charge is -2.36. The Kier molecular flexibility index (Phi) is 5.99. The van der Waals surface area contributed by atoms with E-state index in [2.05, 4.69) is 5.32 Å². The lowest BCUT2D eigenvalue weighted by atomic mass is 9.92. The molecule has 0 saturated carbocycles. The standard InChI is InChI=1S/C19H29N3O3S/c1-3-20-19(23)15(2)21-10-12-22(13-11-21)26(24,25)18-9-8-16-6-4-5-7-17(16)14-18/h8-9,14-15H,3-7,10-13H2,1-2H3,(H,20,23)/t15-/m0/s1. The van der Waals surface area contributed by atoms with Gasteiger partial charge in [-0.25, -0.2) is 8.42 Å². The van der Waals surface area contributed by atoms with Crippen molar-refractivity contribution in [1.29, 1.82) is 0 Å². The third-order valence-electron chi connectivity index (χ3n) is 5.51. The number of benzene rings is 1. The van der Waals surface area contributed by atoms with Crippen LogP contribution in [0.15, 0.2) is 23.1 Å². The Morgan fingerprint density at radius 2 is 1.77 bits per heavy atom. The number of piperazine rings is 1. The highest BCUT2D eigenvalue weighted by Crippen LogP contribution is 2.26. The van der Waals surface area contributed by atoms with Crippen LogP contribution < -0.4 is 5.32 Å². The number of amides is 1. The van der Waals surface area contributed by atoms with Crippen LogP contribution >= 0.6 is 0 Å². The van der Waals surface area contributed by atoms with Gasteiger partial charge in [0, 0.05) is 32.7 Å². The molecule has 1 atom stereocenters. The minimum absolute atomic E-state index is 0.00139. The Balaban J connectivity index is 1.67. The van der Waals surface area contributed by atoms with Crippen molar-refractivity contribution in [3.63, 3.8) is 0 Å². The van der Waals surface area contributed by atoms with Gasteiger partial charge in [0.25, 0.3) is 0 Å². The number of nitrogens with zero attached hydrogens (tertiary/aromatic N) is 2. The van der Waals surface area contributed by atoms with Crippen LogP contribution in [0, 0.1) is 0 Å². The lowest BCUT2D eigenvalue weighted by molar-refractivity contribution is -0.126. The second kappa shape index (κ2) is 8.06. The van der Waals surface area contributed by atoms with E-state index in [-0.39, 0.29) is 11.9 Å². The second-order valence-corrected chi connectivity index (χ2v) is 9.09. The van der Waals surface area contributed by atoms with Gasteiger partial charge in [-0.2, -0.15) is 4.31 Å². The van der Waals surface area contributed by atoms with E-state index in [1.54, 1.807) is 10.4 Å². The summed E-state index contributed by atoms with van der Waals surface area (Å²) in [6.45, 7) is 6.36. The van der Waals surface area contributed by atoms with Gasteiger partial charge in [0.05, 0.1) is 10.9 Å². The summed E-state index contributed by atoms with van der Waals surface area (Å²) >= 11 is 0. The molecule has 0 aromatic heterocycles. The van der Waals surface area contributed by atoms with Crippen LogP contribution in [-0.4, -0.2) is 62.3 Å². The summed E-state index contributed by atoms with van der Waals surface area (Å²) < 4.78 is 27.6. The van der Waals surface area contributed by atoms with Crippen LogP contribution in [-0.2, 0) is 27.7 Å². The summed E-state index contributed by atoms with van der Waals surface area (Å²) in [6.07, 6.45) is 4.33. The topological polar surface area (TPSA) is 69.7 Å². The van der Waals surface area contributed by atoms with Gasteiger partial charge in [-0.3, -0.25) is 9.69 Å². The Morgan fingerprint density at radius 1 is 1.12 bits per heavy atom. The molecule has 1 aromatic rings. The van der Waals surface area contributed by atoms with E-state index in [1.165, 1.54) is 17.5 Å². The first-order chi connectivity index (χ1) is 12.4. The van der Waals surface area contributed by atoms with Crippen LogP contribution in [0.1, 0.15) is 37.8 Å². The predicted octanol–water partition coefficient (Wildman–Crippen LogP) is 1.40. The predicted molar refractivity (Wildman–Crippen MR) is 102 cm³/mol. The van der Waals surface area contributed by atoms with Crippen LogP contribution in [0.2, 0.25) is 0 Å². The van der Waals surface area contributed by atoms with Crippen molar-refractivity contribution >= 4 is 15.9 Å². The number of sulfonamides is 1. The van der Waals surface area contributed by atoms with Crippen LogP contribution in [0.3, 0.4) is 0 Å². The number of carbonyl (C=O) groups is 1. The SMILES string of the molecule is CCNC(=O)[C@H](C)N1CCN(S(=O)(=O)c2ccc3c(c2)CCCC3)CC1. The molecule has 144 valence electrons. The van der Waals surface area contributed by atoms with E-state index >= 15 is 0 Å². The summed E-state index contributed by atoms with van der Waals surface area (Å²) in [7, 11) is -3.47. The maximum atomic E-state index is 13.0. The van der Waals surface area contributed by atoms with Crippen molar-refractivity contribution in [3.05, 3.63) is 29.3 Å². The molecule has 1 saturated heterocycles. The molecule has 6 nitrogen and oxygen atoms in total. The Labute approximate surface area is 156 Å². The van der Waals surface area contributed by atoms with Gasteiger partial charge >= 0.3 is 0 Å². The second-order valence-electron chi connectivity index (χ2n) is 7.15. The zero-order valence-corrected chi connectivity index (χ0v) is 16.5. The molecule has 1 amide bonds. The molecular formula is C19H29N3O3S. The molecule has 1 N–H and O–H groups in total. The van der Waals surface area contributed by atoms with E-state index in [0.717, 1.165) is 19.3 Å². The number of nitrogens with one attached hydrogen (secondary N) is 1. The fourth-order valence-corrected chi connectivity index (χ4v) is 5.31. The summed E-state index contributed by atoms with van der Waals surface area (Å²) in [4.78, 5) is 14.4. The first-order valence-electron chi connectivity index (χ1n) is 9.57. The number of likely N-dealkylation sites (N-methyl/N-ethyl adjacent to an activating group) is 1. The highest BCUT2D eigenvalue weighted by Gasteiger charge is 2.32. The highest BCUT2D eigenvalue weighted by atomic mass is 32.2. The molecule has 2 aliphatic rings. The Bertz CT molecular complexity index is 755. The van der Waals surface area contributed by atoms with E-state index in [1.807, 2.05) is 30.9 Å². The Hall–Kier alpha value is -1.44. The van der Waals surface area contributed by atoms with E-state index in [4.69, 9.17) is 0 Å². The van der Waals surface area contributed by atoms with Crippen LogP contribution in [0.4, 0.5) is 0 Å². The average Bonchev–Trinajstić information content (AvgIpc) is 2.67. The molecule has 1 aliphatic carbocycles. The van der Waals surface area contributed by atoms with Crippen molar-refractivity contribution in [2.75, 3.05) is 32.7 Å². The number of fused-ring (bicyclic) bond motifs is 1. The third-order valence-corrected chi connectivity index (χ3v) is 7.40. The van der Waals surface area contributed by atoms with Gasteiger partial charge in [-0.05, 0) is 62.8 Å². The van der Waals surface area contributed by atoms with Gasteiger partial charge in [0.1, 0.15) is 0 Å². The molecule has 0 bridgehead atoms. The van der Waals surface area contributed by atoms with Gasteiger partial charge in [0.15, 0.2) is 0 Å². The molecule has 0 spiro atoms. The van der Waals surface area contributed by atoms with Gasteiger partial charge < -0.3 is 5.32 Å². The van der Waals surface area contributed by atoms with E-state index in [0.29, 0.717) is 37.6 Å². The van der Waals surface area contributed by atoms with E-state index in [9.17, 15) is 13.2 Å².